The summed E-state index contributed by atoms with van der Waals surface area (Å²) in [5.41, 5.74) is 0. The maximum Gasteiger partial charge on any atom is 0.303 e. The number of aryl methyl sites for hydroxylation is 1. The Morgan fingerprint density at radius 3 is 2.68 bits per heavy atom. The first-order chi connectivity index (χ1) is 8.85. The van der Waals surface area contributed by atoms with Gasteiger partial charge in [0.1, 0.15) is 4.21 Å². The Labute approximate surface area is 117 Å². The second kappa shape index (κ2) is 7.02. The number of hydrogen-bond acceptors (Lipinski definition) is 4. The molecule has 7 heteroatoms. The van der Waals surface area contributed by atoms with Crippen molar-refractivity contribution in [2.45, 2.75) is 37.3 Å². The molecule has 0 saturated carbocycles. The van der Waals surface area contributed by atoms with Crippen LogP contribution in [-0.2, 0) is 21.2 Å². The third kappa shape index (κ3) is 5.30. The zero-order valence-corrected chi connectivity index (χ0v) is 12.7. The Kier molecular flexibility index (Phi) is 5.96. The van der Waals surface area contributed by atoms with E-state index in [1.54, 1.807) is 6.07 Å². The SMILES string of the molecule is CCc1ccc(S(=O)(=O)NCC(C)CCC(=O)O)s1. The first-order valence-electron chi connectivity index (χ1n) is 6.15. The van der Waals surface area contributed by atoms with E-state index in [1.165, 1.54) is 11.3 Å². The summed E-state index contributed by atoms with van der Waals surface area (Å²) in [6, 6.07) is 3.42. The molecule has 5 nitrogen and oxygen atoms in total. The van der Waals surface area contributed by atoms with Crippen LogP contribution in [0.15, 0.2) is 16.3 Å². The normalized spacial score (nSPS) is 13.4. The van der Waals surface area contributed by atoms with Crippen LogP contribution >= 0.6 is 11.3 Å². The third-order valence-corrected chi connectivity index (χ3v) is 5.87. The number of carboxylic acids is 1. The molecule has 1 heterocycles. The quantitative estimate of drug-likeness (QED) is 0.770. The minimum Gasteiger partial charge on any atom is -0.481 e. The summed E-state index contributed by atoms with van der Waals surface area (Å²) in [6.45, 7) is 4.07. The van der Waals surface area contributed by atoms with E-state index in [9.17, 15) is 13.2 Å². The van der Waals surface area contributed by atoms with Crippen molar-refractivity contribution in [2.75, 3.05) is 6.54 Å². The predicted octanol–water partition coefficient (Wildman–Crippen LogP) is 2.09. The van der Waals surface area contributed by atoms with E-state index in [0.29, 0.717) is 10.6 Å². The van der Waals surface area contributed by atoms with E-state index >= 15 is 0 Å². The summed E-state index contributed by atoms with van der Waals surface area (Å²) < 4.78 is 26.8. The van der Waals surface area contributed by atoms with Gasteiger partial charge < -0.3 is 5.11 Å². The van der Waals surface area contributed by atoms with Crippen LogP contribution in [-0.4, -0.2) is 26.0 Å². The lowest BCUT2D eigenvalue weighted by Gasteiger charge is -2.10. The minimum absolute atomic E-state index is 0.00326. The highest BCUT2D eigenvalue weighted by molar-refractivity contribution is 7.91. The molecule has 0 radical (unpaired) electrons. The standard InChI is InChI=1S/C12H19NO4S2/c1-3-10-5-7-12(18-10)19(16,17)13-8-9(2)4-6-11(14)15/h5,7,9,13H,3-4,6,8H2,1-2H3,(H,14,15). The van der Waals surface area contributed by atoms with Gasteiger partial charge in [-0.1, -0.05) is 13.8 Å². The molecule has 2 N–H and O–H groups in total. The van der Waals surface area contributed by atoms with Crippen LogP contribution in [0.3, 0.4) is 0 Å². The molecule has 0 aliphatic carbocycles. The number of thiophene rings is 1. The van der Waals surface area contributed by atoms with Crippen LogP contribution in [0, 0.1) is 5.92 Å². The topological polar surface area (TPSA) is 83.5 Å². The number of sulfonamides is 1. The molecule has 1 rings (SSSR count). The summed E-state index contributed by atoms with van der Waals surface area (Å²) in [5.74, 6) is -0.864. The molecular formula is C12H19NO4S2. The number of carboxylic acid groups (broad SMARTS) is 1. The molecule has 1 aromatic rings. The fraction of sp³-hybridized carbons (Fsp3) is 0.583. The van der Waals surface area contributed by atoms with Crippen molar-refractivity contribution >= 4 is 27.3 Å². The van der Waals surface area contributed by atoms with Crippen LogP contribution < -0.4 is 4.72 Å². The van der Waals surface area contributed by atoms with Crippen LogP contribution in [0.4, 0.5) is 0 Å². The van der Waals surface area contributed by atoms with Gasteiger partial charge in [-0.25, -0.2) is 13.1 Å². The van der Waals surface area contributed by atoms with Crippen molar-refractivity contribution < 1.29 is 18.3 Å². The highest BCUT2D eigenvalue weighted by atomic mass is 32.2. The lowest BCUT2D eigenvalue weighted by atomic mass is 10.1. The molecule has 1 aromatic heterocycles. The molecule has 0 aliphatic rings. The maximum absolute atomic E-state index is 12.0. The van der Waals surface area contributed by atoms with Crippen molar-refractivity contribution in [3.05, 3.63) is 17.0 Å². The lowest BCUT2D eigenvalue weighted by molar-refractivity contribution is -0.137. The number of rotatable bonds is 8. The highest BCUT2D eigenvalue weighted by Crippen LogP contribution is 2.21. The van der Waals surface area contributed by atoms with Gasteiger partial charge >= 0.3 is 5.97 Å². The van der Waals surface area contributed by atoms with E-state index in [0.717, 1.165) is 11.3 Å². The largest absolute Gasteiger partial charge is 0.481 e. The fourth-order valence-electron chi connectivity index (χ4n) is 1.49. The predicted molar refractivity (Wildman–Crippen MR) is 74.9 cm³/mol. The van der Waals surface area contributed by atoms with Crippen LogP contribution in [0.25, 0.3) is 0 Å². The molecule has 0 aliphatic heterocycles. The Balaban J connectivity index is 2.53. The van der Waals surface area contributed by atoms with Crippen molar-refractivity contribution in [3.8, 4) is 0 Å². The van der Waals surface area contributed by atoms with Crippen LogP contribution in [0.1, 0.15) is 31.6 Å². The van der Waals surface area contributed by atoms with E-state index in [1.807, 2.05) is 19.9 Å². The average molecular weight is 305 g/mol. The molecular weight excluding hydrogens is 286 g/mol. The summed E-state index contributed by atoms with van der Waals surface area (Å²) in [5, 5.41) is 8.56. The molecule has 1 unspecified atom stereocenters. The molecule has 0 amide bonds. The summed E-state index contributed by atoms with van der Waals surface area (Å²) >= 11 is 1.27. The van der Waals surface area contributed by atoms with Gasteiger partial charge in [-0.2, -0.15) is 0 Å². The van der Waals surface area contributed by atoms with Gasteiger partial charge in [0.2, 0.25) is 10.0 Å². The van der Waals surface area contributed by atoms with Crippen LogP contribution in [0.2, 0.25) is 0 Å². The Morgan fingerprint density at radius 2 is 2.16 bits per heavy atom. The summed E-state index contributed by atoms with van der Waals surface area (Å²) in [6.07, 6.45) is 1.33. The highest BCUT2D eigenvalue weighted by Gasteiger charge is 2.17. The second-order valence-electron chi connectivity index (χ2n) is 4.46. The van der Waals surface area contributed by atoms with E-state index in [-0.39, 0.29) is 18.9 Å². The molecule has 19 heavy (non-hydrogen) atoms. The number of carbonyl (C=O) groups is 1. The summed E-state index contributed by atoms with van der Waals surface area (Å²) in [4.78, 5) is 11.5. The third-order valence-electron chi connectivity index (χ3n) is 2.72. The second-order valence-corrected chi connectivity index (χ2v) is 7.63. The monoisotopic (exact) mass is 305 g/mol. The van der Waals surface area contributed by atoms with Gasteiger partial charge in [0.15, 0.2) is 0 Å². The van der Waals surface area contributed by atoms with E-state index in [4.69, 9.17) is 5.11 Å². The van der Waals surface area contributed by atoms with Crippen molar-refractivity contribution in [1.82, 2.24) is 4.72 Å². The average Bonchev–Trinajstić information content (AvgIpc) is 2.83. The zero-order valence-electron chi connectivity index (χ0n) is 11.0. The smallest absolute Gasteiger partial charge is 0.303 e. The van der Waals surface area contributed by atoms with Crippen molar-refractivity contribution in [3.63, 3.8) is 0 Å². The van der Waals surface area contributed by atoms with Crippen molar-refractivity contribution in [2.24, 2.45) is 5.92 Å². The maximum atomic E-state index is 12.0. The Morgan fingerprint density at radius 1 is 1.47 bits per heavy atom. The lowest BCUT2D eigenvalue weighted by Crippen LogP contribution is -2.28. The molecule has 0 aromatic carbocycles. The number of aliphatic carboxylic acids is 1. The van der Waals surface area contributed by atoms with Gasteiger partial charge in [0.05, 0.1) is 0 Å². The van der Waals surface area contributed by atoms with E-state index < -0.39 is 16.0 Å². The van der Waals surface area contributed by atoms with Gasteiger partial charge in [-0.15, -0.1) is 11.3 Å². The molecule has 0 fully saturated rings. The number of hydrogen-bond donors (Lipinski definition) is 2. The zero-order chi connectivity index (χ0) is 14.5. The molecule has 1 atom stereocenters. The van der Waals surface area contributed by atoms with Gasteiger partial charge in [-0.3, -0.25) is 4.79 Å². The first kappa shape index (κ1) is 16.1. The fourth-order valence-corrected chi connectivity index (χ4v) is 3.99. The Bertz CT molecular complexity index is 522. The van der Waals surface area contributed by atoms with Crippen LogP contribution in [0.5, 0.6) is 0 Å². The Hall–Kier alpha value is -0.920. The van der Waals surface area contributed by atoms with Crippen molar-refractivity contribution in [1.29, 1.82) is 0 Å². The van der Waals surface area contributed by atoms with Gasteiger partial charge in [0, 0.05) is 17.8 Å². The molecule has 0 spiro atoms. The number of nitrogens with one attached hydrogen (secondary N) is 1. The van der Waals surface area contributed by atoms with E-state index in [2.05, 4.69) is 4.72 Å². The molecule has 108 valence electrons. The van der Waals surface area contributed by atoms with Gasteiger partial charge in [-0.05, 0) is 30.9 Å². The molecule has 0 bridgehead atoms. The minimum atomic E-state index is -3.46. The summed E-state index contributed by atoms with van der Waals surface area (Å²) in [7, 11) is -3.46. The van der Waals surface area contributed by atoms with Gasteiger partial charge in [0.25, 0.3) is 0 Å². The molecule has 0 saturated heterocycles. The first-order valence-corrected chi connectivity index (χ1v) is 8.45.